The Morgan fingerprint density at radius 2 is 2.24 bits per heavy atom. The van der Waals surface area contributed by atoms with Crippen LogP contribution in [0.2, 0.25) is 0 Å². The lowest BCUT2D eigenvalue weighted by Gasteiger charge is -2.03. The largest absolute Gasteiger partial charge is 0.356 e. The molecule has 0 radical (unpaired) electrons. The van der Waals surface area contributed by atoms with Crippen LogP contribution in [0.4, 0.5) is 0 Å². The number of amides is 2. The average molecular weight is 256 g/mol. The van der Waals surface area contributed by atoms with Gasteiger partial charge in [-0.15, -0.1) is 11.3 Å². The summed E-state index contributed by atoms with van der Waals surface area (Å²) in [5.41, 5.74) is 5.75. The topological polar surface area (TPSA) is 97.1 Å². The number of nitrogens with zero attached hydrogens (tertiary/aromatic N) is 1. The second kappa shape index (κ2) is 6.97. The predicted octanol–water partition coefficient (Wildman–Crippen LogP) is -0.142. The molecule has 0 saturated carbocycles. The summed E-state index contributed by atoms with van der Waals surface area (Å²) in [7, 11) is 0. The maximum absolute atomic E-state index is 11.6. The Labute approximate surface area is 104 Å². The van der Waals surface area contributed by atoms with E-state index in [0.29, 0.717) is 25.3 Å². The van der Waals surface area contributed by atoms with Crippen molar-refractivity contribution in [2.75, 3.05) is 13.1 Å². The van der Waals surface area contributed by atoms with E-state index >= 15 is 0 Å². The van der Waals surface area contributed by atoms with Crippen molar-refractivity contribution in [1.29, 1.82) is 0 Å². The molecule has 1 aromatic rings. The summed E-state index contributed by atoms with van der Waals surface area (Å²) >= 11 is 1.35. The normalized spacial score (nSPS) is 10.0. The second-order valence-corrected chi connectivity index (χ2v) is 4.23. The van der Waals surface area contributed by atoms with Crippen molar-refractivity contribution in [2.45, 2.75) is 19.9 Å². The Morgan fingerprint density at radius 3 is 2.82 bits per heavy atom. The number of thiazole rings is 1. The van der Waals surface area contributed by atoms with Gasteiger partial charge < -0.3 is 16.4 Å². The van der Waals surface area contributed by atoms with Gasteiger partial charge in [-0.2, -0.15) is 0 Å². The molecule has 0 bridgehead atoms. The number of rotatable bonds is 6. The van der Waals surface area contributed by atoms with Gasteiger partial charge in [0.05, 0.1) is 0 Å². The van der Waals surface area contributed by atoms with Crippen molar-refractivity contribution in [3.05, 3.63) is 16.1 Å². The molecule has 1 rings (SSSR count). The molecule has 1 heterocycles. The van der Waals surface area contributed by atoms with Gasteiger partial charge in [-0.25, -0.2) is 4.98 Å². The maximum atomic E-state index is 11.6. The molecule has 1 aromatic heterocycles. The third kappa shape index (κ3) is 4.49. The smallest absolute Gasteiger partial charge is 0.270 e. The van der Waals surface area contributed by atoms with E-state index in [4.69, 9.17) is 5.73 Å². The van der Waals surface area contributed by atoms with E-state index in [1.807, 2.05) is 6.92 Å². The van der Waals surface area contributed by atoms with E-state index in [9.17, 15) is 9.59 Å². The second-order valence-electron chi connectivity index (χ2n) is 3.29. The van der Waals surface area contributed by atoms with Crippen molar-refractivity contribution in [1.82, 2.24) is 15.6 Å². The first kappa shape index (κ1) is 13.6. The molecule has 0 aliphatic carbocycles. The van der Waals surface area contributed by atoms with Gasteiger partial charge in [0.15, 0.2) is 0 Å². The molecule has 0 aliphatic rings. The summed E-state index contributed by atoms with van der Waals surface area (Å²) < 4.78 is 0. The zero-order chi connectivity index (χ0) is 12.7. The molecule has 0 atom stereocenters. The lowest BCUT2D eigenvalue weighted by Crippen LogP contribution is -2.30. The van der Waals surface area contributed by atoms with Crippen molar-refractivity contribution in [3.63, 3.8) is 0 Å². The Bertz CT molecular complexity index is 391. The highest BCUT2D eigenvalue weighted by Crippen LogP contribution is 2.08. The molecule has 17 heavy (non-hydrogen) atoms. The van der Waals surface area contributed by atoms with Crippen molar-refractivity contribution >= 4 is 23.2 Å². The lowest BCUT2D eigenvalue weighted by atomic mass is 10.3. The lowest BCUT2D eigenvalue weighted by molar-refractivity contribution is -0.120. The molecular weight excluding hydrogens is 240 g/mol. The van der Waals surface area contributed by atoms with Crippen LogP contribution in [-0.2, 0) is 11.3 Å². The van der Waals surface area contributed by atoms with Crippen molar-refractivity contribution in [3.8, 4) is 0 Å². The minimum Gasteiger partial charge on any atom is -0.356 e. The van der Waals surface area contributed by atoms with E-state index in [-0.39, 0.29) is 18.2 Å². The van der Waals surface area contributed by atoms with Crippen molar-refractivity contribution in [2.24, 2.45) is 5.73 Å². The Morgan fingerprint density at radius 1 is 1.47 bits per heavy atom. The zero-order valence-electron chi connectivity index (χ0n) is 9.66. The first-order chi connectivity index (χ1) is 8.17. The van der Waals surface area contributed by atoms with Crippen molar-refractivity contribution < 1.29 is 9.59 Å². The SMILES string of the molecule is CCNC(=O)CCNC(=O)c1csc(CN)n1. The Hall–Kier alpha value is -1.47. The predicted molar refractivity (Wildman–Crippen MR) is 65.6 cm³/mol. The van der Waals surface area contributed by atoms with Gasteiger partial charge in [0.2, 0.25) is 5.91 Å². The van der Waals surface area contributed by atoms with Crippen LogP contribution in [0.15, 0.2) is 5.38 Å². The highest BCUT2D eigenvalue weighted by atomic mass is 32.1. The minimum atomic E-state index is -0.273. The summed E-state index contributed by atoms with van der Waals surface area (Å²) in [6, 6.07) is 0. The number of carbonyl (C=O) groups is 2. The highest BCUT2D eigenvalue weighted by molar-refractivity contribution is 7.09. The molecule has 94 valence electrons. The quantitative estimate of drug-likeness (QED) is 0.660. The maximum Gasteiger partial charge on any atom is 0.270 e. The van der Waals surface area contributed by atoms with E-state index in [2.05, 4.69) is 15.6 Å². The van der Waals surface area contributed by atoms with E-state index < -0.39 is 0 Å². The van der Waals surface area contributed by atoms with Gasteiger partial charge in [0.25, 0.3) is 5.91 Å². The molecule has 0 aromatic carbocycles. The summed E-state index contributed by atoms with van der Waals surface area (Å²) in [4.78, 5) is 26.7. The Balaban J connectivity index is 2.32. The van der Waals surface area contributed by atoms with E-state index in [1.165, 1.54) is 11.3 Å². The average Bonchev–Trinajstić information content (AvgIpc) is 2.77. The third-order valence-corrected chi connectivity index (χ3v) is 2.84. The van der Waals surface area contributed by atoms with Crippen LogP contribution in [0.3, 0.4) is 0 Å². The minimum absolute atomic E-state index is 0.0753. The molecule has 6 nitrogen and oxygen atoms in total. The van der Waals surface area contributed by atoms with Gasteiger partial charge >= 0.3 is 0 Å². The first-order valence-corrected chi connectivity index (χ1v) is 6.24. The summed E-state index contributed by atoms with van der Waals surface area (Å²) in [5, 5.41) is 7.66. The number of carbonyl (C=O) groups excluding carboxylic acids is 2. The third-order valence-electron chi connectivity index (χ3n) is 1.97. The van der Waals surface area contributed by atoms with Gasteiger partial charge in [-0.1, -0.05) is 0 Å². The van der Waals surface area contributed by atoms with Crippen LogP contribution in [0.1, 0.15) is 28.8 Å². The molecule has 0 spiro atoms. The van der Waals surface area contributed by atoms with Crippen LogP contribution in [-0.4, -0.2) is 29.9 Å². The van der Waals surface area contributed by atoms with Crippen LogP contribution < -0.4 is 16.4 Å². The van der Waals surface area contributed by atoms with E-state index in [0.717, 1.165) is 5.01 Å². The van der Waals surface area contributed by atoms with Crippen LogP contribution in [0.25, 0.3) is 0 Å². The van der Waals surface area contributed by atoms with Crippen LogP contribution in [0.5, 0.6) is 0 Å². The van der Waals surface area contributed by atoms with Gasteiger partial charge in [0, 0.05) is 31.4 Å². The number of nitrogens with two attached hydrogens (primary N) is 1. The summed E-state index contributed by atoms with van der Waals surface area (Å²) in [6.07, 6.45) is 0.271. The van der Waals surface area contributed by atoms with E-state index in [1.54, 1.807) is 5.38 Å². The summed E-state index contributed by atoms with van der Waals surface area (Å²) in [5.74, 6) is -0.348. The molecule has 0 saturated heterocycles. The molecular formula is C10H16N4O2S. The zero-order valence-corrected chi connectivity index (χ0v) is 10.5. The number of nitrogens with one attached hydrogen (secondary N) is 2. The van der Waals surface area contributed by atoms with Crippen LogP contribution in [0, 0.1) is 0 Å². The highest BCUT2D eigenvalue weighted by Gasteiger charge is 2.10. The molecule has 0 fully saturated rings. The van der Waals surface area contributed by atoms with Crippen LogP contribution >= 0.6 is 11.3 Å². The summed E-state index contributed by atoms with van der Waals surface area (Å²) in [6.45, 7) is 3.08. The van der Waals surface area contributed by atoms with Gasteiger partial charge in [-0.3, -0.25) is 9.59 Å². The standard InChI is InChI=1S/C10H16N4O2S/c1-2-12-8(15)3-4-13-10(16)7-6-17-9(5-11)14-7/h6H,2-5,11H2,1H3,(H,12,15)(H,13,16). The number of hydrogen-bond donors (Lipinski definition) is 3. The Kier molecular flexibility index (Phi) is 5.58. The number of aromatic nitrogens is 1. The fourth-order valence-corrected chi connectivity index (χ4v) is 1.83. The monoisotopic (exact) mass is 256 g/mol. The molecule has 0 unspecified atom stereocenters. The van der Waals surface area contributed by atoms with Gasteiger partial charge in [-0.05, 0) is 6.92 Å². The fraction of sp³-hybridized carbons (Fsp3) is 0.500. The fourth-order valence-electron chi connectivity index (χ4n) is 1.17. The molecule has 2 amide bonds. The molecule has 4 N–H and O–H groups in total. The molecule has 0 aliphatic heterocycles. The van der Waals surface area contributed by atoms with Gasteiger partial charge in [0.1, 0.15) is 10.7 Å². The molecule has 7 heteroatoms. The first-order valence-electron chi connectivity index (χ1n) is 5.36. The number of hydrogen-bond acceptors (Lipinski definition) is 5.